The van der Waals surface area contributed by atoms with Crippen LogP contribution in [0.5, 0.6) is 0 Å². The van der Waals surface area contributed by atoms with E-state index in [1.165, 1.54) is 0 Å². The van der Waals surface area contributed by atoms with Crippen LogP contribution in [0.1, 0.15) is 37.8 Å². The summed E-state index contributed by atoms with van der Waals surface area (Å²) >= 11 is 6.84. The summed E-state index contributed by atoms with van der Waals surface area (Å²) in [6.45, 7) is 5.61. The van der Waals surface area contributed by atoms with E-state index in [4.69, 9.17) is 11.6 Å². The average Bonchev–Trinajstić information content (AvgIpc) is 2.68. The highest BCUT2D eigenvalue weighted by atomic mass is 35.5. The van der Waals surface area contributed by atoms with Crippen molar-refractivity contribution >= 4 is 29.9 Å². The Hall–Kier alpha value is -2.39. The molecule has 1 aliphatic rings. The van der Waals surface area contributed by atoms with Crippen molar-refractivity contribution in [1.29, 1.82) is 0 Å². The number of amides is 1. The first-order chi connectivity index (χ1) is 13.2. The first-order valence-corrected chi connectivity index (χ1v) is 9.82. The van der Waals surface area contributed by atoms with Crippen LogP contribution in [0.4, 0.5) is 0 Å². The Morgan fingerprint density at radius 1 is 1.04 bits per heavy atom. The average molecular weight is 396 g/mol. The highest BCUT2D eigenvalue weighted by molar-refractivity contribution is 6.35. The third-order valence-corrected chi connectivity index (χ3v) is 6.27. The molecule has 1 heterocycles. The van der Waals surface area contributed by atoms with Gasteiger partial charge in [0.15, 0.2) is 0 Å². The van der Waals surface area contributed by atoms with Crippen molar-refractivity contribution in [1.82, 2.24) is 4.90 Å². The van der Waals surface area contributed by atoms with Gasteiger partial charge in [-0.15, -0.1) is 11.6 Å². The van der Waals surface area contributed by atoms with E-state index < -0.39 is 22.2 Å². The number of nitrogens with zero attached hydrogens (tertiary/aromatic N) is 1. The number of hydrogen-bond acceptors (Lipinski definition) is 2. The van der Waals surface area contributed by atoms with Crippen LogP contribution in [0, 0.1) is 5.41 Å². The van der Waals surface area contributed by atoms with Crippen LogP contribution in [0.3, 0.4) is 0 Å². The third-order valence-electron chi connectivity index (χ3n) is 5.89. The minimum Gasteiger partial charge on any atom is -0.336 e. The van der Waals surface area contributed by atoms with Gasteiger partial charge in [-0.05, 0) is 37.5 Å². The van der Waals surface area contributed by atoms with Crippen LogP contribution in [-0.4, -0.2) is 35.1 Å². The molecule has 2 aromatic rings. The Kier molecular flexibility index (Phi) is 5.49. The number of benzene rings is 2. The lowest BCUT2D eigenvalue weighted by Gasteiger charge is -2.54. The van der Waals surface area contributed by atoms with Crippen LogP contribution in [0.25, 0.3) is 6.08 Å². The van der Waals surface area contributed by atoms with Gasteiger partial charge in [-0.2, -0.15) is 0 Å². The van der Waals surface area contributed by atoms with Gasteiger partial charge in [0.05, 0.1) is 11.5 Å². The van der Waals surface area contributed by atoms with Gasteiger partial charge in [-0.1, -0.05) is 66.7 Å². The molecule has 146 valence electrons. The van der Waals surface area contributed by atoms with Crippen molar-refractivity contribution in [2.45, 2.75) is 37.6 Å². The van der Waals surface area contributed by atoms with Gasteiger partial charge in [-0.25, -0.2) is 0 Å². The fourth-order valence-corrected chi connectivity index (χ4v) is 5.38. The predicted molar refractivity (Wildman–Crippen MR) is 114 cm³/mol. The second-order valence-corrected chi connectivity index (χ2v) is 8.81. The summed E-state index contributed by atoms with van der Waals surface area (Å²) in [5, 5.41) is 0. The molecule has 4 atom stereocenters. The quantitative estimate of drug-likeness (QED) is 0.544. The van der Waals surface area contributed by atoms with E-state index >= 15 is 0 Å². The first kappa shape index (κ1) is 20.3. The zero-order valence-corrected chi connectivity index (χ0v) is 17.5. The molecular weight excluding hydrogens is 370 g/mol. The number of carbonyl (C=O) groups is 2. The highest BCUT2D eigenvalue weighted by Crippen LogP contribution is 2.54. The number of alkyl halides is 1. The molecule has 4 heteroatoms. The molecule has 2 aromatic carbocycles. The molecule has 0 bridgehead atoms. The van der Waals surface area contributed by atoms with Crippen LogP contribution < -0.4 is 0 Å². The molecule has 1 fully saturated rings. The zero-order chi connectivity index (χ0) is 20.5. The highest BCUT2D eigenvalue weighted by Gasteiger charge is 2.60. The summed E-state index contributed by atoms with van der Waals surface area (Å²) in [6.07, 6.45) is 3.01. The second-order valence-electron chi connectivity index (χ2n) is 8.02. The Labute approximate surface area is 172 Å². The lowest BCUT2D eigenvalue weighted by Crippen LogP contribution is -2.65. The molecular formula is C24H26ClNO2. The minimum absolute atomic E-state index is 0.173. The van der Waals surface area contributed by atoms with Crippen molar-refractivity contribution < 1.29 is 9.59 Å². The molecule has 0 saturated carbocycles. The van der Waals surface area contributed by atoms with E-state index in [1.54, 1.807) is 18.9 Å². The monoisotopic (exact) mass is 395 g/mol. The normalized spacial score (nSPS) is 31.0. The number of aldehydes is 1. The largest absolute Gasteiger partial charge is 0.336 e. The number of likely N-dealkylation sites (tertiary alicyclic amines) is 1. The van der Waals surface area contributed by atoms with Gasteiger partial charge >= 0.3 is 0 Å². The van der Waals surface area contributed by atoms with Crippen LogP contribution >= 0.6 is 11.6 Å². The number of piperidine rings is 1. The van der Waals surface area contributed by atoms with Crippen molar-refractivity contribution in [2.75, 3.05) is 7.05 Å². The Bertz CT molecular complexity index is 891. The van der Waals surface area contributed by atoms with Crippen molar-refractivity contribution in [3.05, 3.63) is 77.4 Å². The van der Waals surface area contributed by atoms with Gasteiger partial charge in [0.25, 0.3) is 0 Å². The maximum absolute atomic E-state index is 13.3. The van der Waals surface area contributed by atoms with Crippen molar-refractivity contribution in [2.24, 2.45) is 5.41 Å². The summed E-state index contributed by atoms with van der Waals surface area (Å²) in [6, 6.07) is 19.2. The van der Waals surface area contributed by atoms with Crippen molar-refractivity contribution in [3.63, 3.8) is 0 Å². The Balaban J connectivity index is 2.18. The maximum atomic E-state index is 13.3. The molecule has 3 rings (SSSR count). The van der Waals surface area contributed by atoms with Gasteiger partial charge in [0.2, 0.25) is 5.91 Å². The van der Waals surface area contributed by atoms with E-state index in [-0.39, 0.29) is 5.91 Å². The van der Waals surface area contributed by atoms with Gasteiger partial charge < -0.3 is 9.69 Å². The van der Waals surface area contributed by atoms with E-state index in [1.807, 2.05) is 80.6 Å². The molecule has 0 unspecified atom stereocenters. The summed E-state index contributed by atoms with van der Waals surface area (Å²) in [5.74, 6) is -0.624. The van der Waals surface area contributed by atoms with Crippen LogP contribution in [-0.2, 0) is 9.59 Å². The molecule has 0 aromatic heterocycles. The van der Waals surface area contributed by atoms with Gasteiger partial charge in [-0.3, -0.25) is 4.79 Å². The standard InChI is InChI=1S/C24H26ClNO2/c1-17(15-18-11-7-5-8-12-18)21-23(2,16-27)20(19-13-9-6-10-14-19)24(3,25)22(28)26(21)4/h5-16,20-21H,1-4H3/b17-15+/t20-,21-,23-,24-/m0/s1. The summed E-state index contributed by atoms with van der Waals surface area (Å²) in [4.78, 5) is 26.2. The van der Waals surface area contributed by atoms with Crippen LogP contribution in [0.2, 0.25) is 0 Å². The Morgan fingerprint density at radius 3 is 2.11 bits per heavy atom. The van der Waals surface area contributed by atoms with Crippen LogP contribution in [0.15, 0.2) is 66.2 Å². The van der Waals surface area contributed by atoms with Crippen molar-refractivity contribution in [3.8, 4) is 0 Å². The van der Waals surface area contributed by atoms with Gasteiger partial charge in [0, 0.05) is 13.0 Å². The summed E-state index contributed by atoms with van der Waals surface area (Å²) in [7, 11) is 1.74. The lowest BCUT2D eigenvalue weighted by atomic mass is 9.59. The number of carbonyl (C=O) groups excluding carboxylic acids is 2. The maximum Gasteiger partial charge on any atom is 0.244 e. The third kappa shape index (κ3) is 3.29. The molecule has 1 amide bonds. The smallest absolute Gasteiger partial charge is 0.244 e. The number of rotatable bonds is 4. The number of likely N-dealkylation sites (N-methyl/N-ethyl adjacent to an activating group) is 1. The van der Waals surface area contributed by atoms with E-state index in [9.17, 15) is 9.59 Å². The SMILES string of the molecule is C/C(=C\c1ccccc1)[C@@H]1N(C)C(=O)[C@@](C)(Cl)[C@@H](c2ccccc2)[C@]1(C)C=O. The topological polar surface area (TPSA) is 37.4 Å². The number of hydrogen-bond donors (Lipinski definition) is 0. The molecule has 0 spiro atoms. The lowest BCUT2D eigenvalue weighted by molar-refractivity contribution is -0.147. The van der Waals surface area contributed by atoms with E-state index in [2.05, 4.69) is 0 Å². The summed E-state index contributed by atoms with van der Waals surface area (Å²) in [5.41, 5.74) is 2.00. The first-order valence-electron chi connectivity index (χ1n) is 9.44. The summed E-state index contributed by atoms with van der Waals surface area (Å²) < 4.78 is 0. The number of halogens is 1. The van der Waals surface area contributed by atoms with E-state index in [0.29, 0.717) is 0 Å². The van der Waals surface area contributed by atoms with E-state index in [0.717, 1.165) is 23.0 Å². The fourth-order valence-electron chi connectivity index (χ4n) is 4.88. The molecule has 0 N–H and O–H groups in total. The molecule has 1 aliphatic heterocycles. The fraction of sp³-hybridized carbons (Fsp3) is 0.333. The molecule has 1 saturated heterocycles. The molecule has 0 aliphatic carbocycles. The molecule has 28 heavy (non-hydrogen) atoms. The molecule has 3 nitrogen and oxygen atoms in total. The molecule has 0 radical (unpaired) electrons. The predicted octanol–water partition coefficient (Wildman–Crippen LogP) is 4.92. The second kappa shape index (κ2) is 7.56. The Morgan fingerprint density at radius 2 is 1.57 bits per heavy atom. The minimum atomic E-state index is -1.21. The zero-order valence-electron chi connectivity index (χ0n) is 16.7. The van der Waals surface area contributed by atoms with Gasteiger partial charge in [0.1, 0.15) is 11.2 Å².